The highest BCUT2D eigenvalue weighted by Gasteiger charge is 2.31. The smallest absolute Gasteiger partial charge is 0.241 e. The van der Waals surface area contributed by atoms with E-state index >= 15 is 0 Å². The summed E-state index contributed by atoms with van der Waals surface area (Å²) in [6.45, 7) is 6.96. The molecule has 3 atom stereocenters. The molecule has 18 heavy (non-hydrogen) atoms. The molecule has 1 amide bonds. The molecule has 0 aromatic rings. The van der Waals surface area contributed by atoms with Crippen LogP contribution in [0.4, 0.5) is 0 Å². The Labute approximate surface area is 110 Å². The maximum Gasteiger partial charge on any atom is 0.241 e. The molecule has 0 bridgehead atoms. The van der Waals surface area contributed by atoms with Gasteiger partial charge in [0.05, 0.1) is 6.04 Å². The van der Waals surface area contributed by atoms with Crippen molar-refractivity contribution in [2.45, 2.75) is 64.1 Å². The van der Waals surface area contributed by atoms with Gasteiger partial charge in [-0.1, -0.05) is 19.8 Å². The van der Waals surface area contributed by atoms with Crippen molar-refractivity contribution in [3.8, 4) is 0 Å². The van der Waals surface area contributed by atoms with Crippen LogP contribution in [0, 0.1) is 0 Å². The summed E-state index contributed by atoms with van der Waals surface area (Å²) in [5.74, 6) is 0.308. The number of likely N-dealkylation sites (tertiary alicyclic amines) is 1. The Morgan fingerprint density at radius 2 is 2.06 bits per heavy atom. The molecule has 2 N–H and O–H groups in total. The van der Waals surface area contributed by atoms with E-state index in [-0.39, 0.29) is 6.04 Å². The van der Waals surface area contributed by atoms with Crippen LogP contribution < -0.4 is 10.6 Å². The summed E-state index contributed by atoms with van der Waals surface area (Å²) in [6.07, 6.45) is 5.98. The van der Waals surface area contributed by atoms with Crippen LogP contribution in [0.15, 0.2) is 0 Å². The van der Waals surface area contributed by atoms with Gasteiger partial charge in [-0.25, -0.2) is 0 Å². The normalized spacial score (nSPS) is 34.1. The van der Waals surface area contributed by atoms with Crippen molar-refractivity contribution in [3.05, 3.63) is 0 Å². The van der Waals surface area contributed by atoms with Gasteiger partial charge in [-0.15, -0.1) is 0 Å². The van der Waals surface area contributed by atoms with Crippen molar-refractivity contribution in [2.75, 3.05) is 19.6 Å². The summed E-state index contributed by atoms with van der Waals surface area (Å²) in [7, 11) is 0. The van der Waals surface area contributed by atoms with Crippen molar-refractivity contribution in [2.24, 2.45) is 0 Å². The number of carbonyl (C=O) groups excluding carboxylic acids is 1. The minimum absolute atomic E-state index is 0.0200. The van der Waals surface area contributed by atoms with E-state index in [4.69, 9.17) is 0 Å². The zero-order valence-corrected chi connectivity index (χ0v) is 11.7. The molecule has 3 unspecified atom stereocenters. The number of nitrogens with zero attached hydrogens (tertiary/aromatic N) is 1. The molecule has 0 saturated carbocycles. The summed E-state index contributed by atoms with van der Waals surface area (Å²) in [5, 5.41) is 6.77. The fraction of sp³-hybridized carbons (Fsp3) is 0.929. The lowest BCUT2D eigenvalue weighted by Crippen LogP contribution is -2.60. The van der Waals surface area contributed by atoms with Crippen LogP contribution in [0.25, 0.3) is 0 Å². The second-order valence-electron chi connectivity index (χ2n) is 5.71. The van der Waals surface area contributed by atoms with Crippen LogP contribution in [0.2, 0.25) is 0 Å². The van der Waals surface area contributed by atoms with Gasteiger partial charge in [-0.05, 0) is 26.2 Å². The summed E-state index contributed by atoms with van der Waals surface area (Å²) in [4.78, 5) is 14.7. The van der Waals surface area contributed by atoms with Gasteiger partial charge in [0.25, 0.3) is 0 Å². The molecule has 0 aromatic carbocycles. The van der Waals surface area contributed by atoms with Crippen molar-refractivity contribution >= 4 is 5.91 Å². The maximum atomic E-state index is 12.6. The monoisotopic (exact) mass is 253 g/mol. The van der Waals surface area contributed by atoms with Gasteiger partial charge in [0, 0.05) is 31.7 Å². The SMILES string of the molecule is CCC1CCCCCN1C(=O)C1CNC(C)CN1. The topological polar surface area (TPSA) is 44.4 Å². The molecule has 0 spiro atoms. The van der Waals surface area contributed by atoms with Crippen molar-refractivity contribution < 1.29 is 4.79 Å². The quantitative estimate of drug-likeness (QED) is 0.775. The first-order chi connectivity index (χ1) is 8.72. The van der Waals surface area contributed by atoms with E-state index in [0.717, 1.165) is 26.1 Å². The van der Waals surface area contributed by atoms with E-state index in [1.807, 2.05) is 0 Å². The number of amides is 1. The lowest BCUT2D eigenvalue weighted by molar-refractivity contribution is -0.136. The number of hydrogen-bond acceptors (Lipinski definition) is 3. The molecule has 0 aliphatic carbocycles. The molecular formula is C14H27N3O. The van der Waals surface area contributed by atoms with E-state index in [9.17, 15) is 4.79 Å². The first-order valence-corrected chi connectivity index (χ1v) is 7.49. The molecule has 2 rings (SSSR count). The van der Waals surface area contributed by atoms with Gasteiger partial charge in [-0.3, -0.25) is 4.79 Å². The van der Waals surface area contributed by atoms with Crippen LogP contribution in [-0.2, 0) is 4.79 Å². The molecular weight excluding hydrogens is 226 g/mol. The third-order valence-electron chi connectivity index (χ3n) is 4.27. The van der Waals surface area contributed by atoms with Crippen LogP contribution in [0.5, 0.6) is 0 Å². The largest absolute Gasteiger partial charge is 0.338 e. The summed E-state index contributed by atoms with van der Waals surface area (Å²) >= 11 is 0. The zero-order valence-electron chi connectivity index (χ0n) is 11.7. The predicted molar refractivity (Wildman–Crippen MR) is 73.5 cm³/mol. The van der Waals surface area contributed by atoms with E-state index in [0.29, 0.717) is 18.0 Å². The van der Waals surface area contributed by atoms with Gasteiger partial charge in [0.1, 0.15) is 0 Å². The third-order valence-corrected chi connectivity index (χ3v) is 4.27. The maximum absolute atomic E-state index is 12.6. The fourth-order valence-electron chi connectivity index (χ4n) is 3.05. The molecule has 2 heterocycles. The Hall–Kier alpha value is -0.610. The molecule has 104 valence electrons. The number of piperazine rings is 1. The molecule has 2 saturated heterocycles. The van der Waals surface area contributed by atoms with Gasteiger partial charge in [0.2, 0.25) is 5.91 Å². The molecule has 4 heteroatoms. The van der Waals surface area contributed by atoms with Crippen molar-refractivity contribution in [1.29, 1.82) is 0 Å². The van der Waals surface area contributed by atoms with E-state index < -0.39 is 0 Å². The molecule has 0 aromatic heterocycles. The summed E-state index contributed by atoms with van der Waals surface area (Å²) in [5.41, 5.74) is 0. The molecule has 4 nitrogen and oxygen atoms in total. The number of rotatable bonds is 2. The Morgan fingerprint density at radius 1 is 1.22 bits per heavy atom. The Morgan fingerprint density at radius 3 is 2.72 bits per heavy atom. The Balaban J connectivity index is 1.96. The number of carbonyl (C=O) groups is 1. The standard InChI is InChI=1S/C14H27N3O/c1-3-12-7-5-4-6-8-17(12)14(18)13-10-15-11(2)9-16-13/h11-13,15-16H,3-10H2,1-2H3. The van der Waals surface area contributed by atoms with Crippen molar-refractivity contribution in [3.63, 3.8) is 0 Å². The van der Waals surface area contributed by atoms with Crippen molar-refractivity contribution in [1.82, 2.24) is 15.5 Å². The molecule has 2 aliphatic heterocycles. The lowest BCUT2D eigenvalue weighted by Gasteiger charge is -2.36. The third kappa shape index (κ3) is 3.23. The molecule has 0 radical (unpaired) electrons. The van der Waals surface area contributed by atoms with Crippen LogP contribution in [0.1, 0.15) is 46.0 Å². The average molecular weight is 253 g/mol. The van der Waals surface area contributed by atoms with Gasteiger partial charge in [-0.2, -0.15) is 0 Å². The van der Waals surface area contributed by atoms with Crippen LogP contribution in [-0.4, -0.2) is 48.6 Å². The second-order valence-corrected chi connectivity index (χ2v) is 5.71. The predicted octanol–water partition coefficient (Wildman–Crippen LogP) is 1.12. The highest BCUT2D eigenvalue weighted by molar-refractivity contribution is 5.82. The average Bonchev–Trinajstić information content (AvgIpc) is 2.63. The fourth-order valence-corrected chi connectivity index (χ4v) is 3.05. The van der Waals surface area contributed by atoms with E-state index in [1.54, 1.807) is 0 Å². The first kappa shape index (κ1) is 13.8. The van der Waals surface area contributed by atoms with Crippen LogP contribution in [0.3, 0.4) is 0 Å². The van der Waals surface area contributed by atoms with Gasteiger partial charge in [0.15, 0.2) is 0 Å². The number of hydrogen-bond donors (Lipinski definition) is 2. The summed E-state index contributed by atoms with van der Waals surface area (Å²) < 4.78 is 0. The van der Waals surface area contributed by atoms with Gasteiger partial charge >= 0.3 is 0 Å². The lowest BCUT2D eigenvalue weighted by atomic mass is 10.1. The Bertz CT molecular complexity index is 274. The highest BCUT2D eigenvalue weighted by Crippen LogP contribution is 2.20. The minimum atomic E-state index is -0.0200. The molecule has 2 fully saturated rings. The summed E-state index contributed by atoms with van der Waals surface area (Å²) in [6, 6.07) is 0.912. The van der Waals surface area contributed by atoms with Gasteiger partial charge < -0.3 is 15.5 Å². The minimum Gasteiger partial charge on any atom is -0.338 e. The van der Waals surface area contributed by atoms with Crippen LogP contribution >= 0.6 is 0 Å². The van der Waals surface area contributed by atoms with E-state index in [1.165, 1.54) is 25.7 Å². The Kier molecular flexibility index (Phi) is 5.01. The highest BCUT2D eigenvalue weighted by atomic mass is 16.2. The first-order valence-electron chi connectivity index (χ1n) is 7.49. The number of nitrogens with one attached hydrogen (secondary N) is 2. The molecule has 2 aliphatic rings. The second kappa shape index (κ2) is 6.53. The van der Waals surface area contributed by atoms with E-state index in [2.05, 4.69) is 29.4 Å². The zero-order chi connectivity index (χ0) is 13.0.